The van der Waals surface area contributed by atoms with Crippen molar-refractivity contribution in [1.82, 2.24) is 10.6 Å². The molecule has 0 fully saturated rings. The molecule has 0 atom stereocenters. The molecule has 0 radical (unpaired) electrons. The van der Waals surface area contributed by atoms with Crippen molar-refractivity contribution in [3.05, 3.63) is 0 Å². The lowest BCUT2D eigenvalue weighted by atomic mass is 10.1. The van der Waals surface area contributed by atoms with Crippen LogP contribution in [0, 0.1) is 0 Å². The number of hydrogen-bond donors (Lipinski definition) is 2. The normalized spacial score (nSPS) is 12.4. The minimum atomic E-state index is -0.437. The van der Waals surface area contributed by atoms with Gasteiger partial charge in [-0.15, -0.1) is 0 Å². The second kappa shape index (κ2) is 4.64. The highest BCUT2D eigenvalue weighted by molar-refractivity contribution is 5.67. The average molecular weight is 202 g/mol. The highest BCUT2D eigenvalue weighted by Gasteiger charge is 2.19. The first-order chi connectivity index (χ1) is 6.16. The fourth-order valence-corrected chi connectivity index (χ4v) is 0.696. The maximum atomic E-state index is 11.3. The van der Waals surface area contributed by atoms with Crippen molar-refractivity contribution in [2.75, 3.05) is 13.6 Å². The Bertz CT molecular complexity index is 195. The molecule has 0 rings (SSSR count). The lowest BCUT2D eigenvalue weighted by Gasteiger charge is -2.26. The minimum Gasteiger partial charge on any atom is -0.444 e. The number of ether oxygens (including phenoxy) is 1. The van der Waals surface area contributed by atoms with E-state index in [0.29, 0.717) is 6.54 Å². The first-order valence-corrected chi connectivity index (χ1v) is 4.82. The summed E-state index contributed by atoms with van der Waals surface area (Å²) in [5.74, 6) is 0. The summed E-state index contributed by atoms with van der Waals surface area (Å²) >= 11 is 0. The van der Waals surface area contributed by atoms with Crippen molar-refractivity contribution in [2.24, 2.45) is 0 Å². The van der Waals surface area contributed by atoms with Crippen LogP contribution < -0.4 is 10.6 Å². The number of nitrogens with one attached hydrogen (secondary N) is 2. The van der Waals surface area contributed by atoms with Crippen LogP contribution in [-0.2, 0) is 4.74 Å². The minimum absolute atomic E-state index is 0.114. The molecule has 14 heavy (non-hydrogen) atoms. The predicted molar refractivity (Wildman–Crippen MR) is 57.4 cm³/mol. The summed E-state index contributed by atoms with van der Waals surface area (Å²) in [5, 5.41) is 5.80. The van der Waals surface area contributed by atoms with Crippen LogP contribution in [-0.4, -0.2) is 30.8 Å². The largest absolute Gasteiger partial charge is 0.444 e. The van der Waals surface area contributed by atoms with Gasteiger partial charge < -0.3 is 15.4 Å². The Hall–Kier alpha value is -0.770. The zero-order chi connectivity index (χ0) is 11.4. The summed E-state index contributed by atoms with van der Waals surface area (Å²) in [6, 6.07) is 0. The Morgan fingerprint density at radius 1 is 1.21 bits per heavy atom. The number of carbonyl (C=O) groups is 1. The summed E-state index contributed by atoms with van der Waals surface area (Å²) in [6.45, 7) is 10.1. The van der Waals surface area contributed by atoms with Gasteiger partial charge in [-0.05, 0) is 41.7 Å². The Balaban J connectivity index is 3.87. The molecule has 0 saturated heterocycles. The number of rotatable bonds is 3. The molecule has 0 aliphatic rings. The molecule has 0 spiro atoms. The van der Waals surface area contributed by atoms with Crippen molar-refractivity contribution in [1.29, 1.82) is 0 Å². The predicted octanol–water partition coefficient (Wildman–Crippen LogP) is 1.51. The van der Waals surface area contributed by atoms with Gasteiger partial charge in [0.25, 0.3) is 0 Å². The summed E-state index contributed by atoms with van der Waals surface area (Å²) < 4.78 is 5.10. The van der Waals surface area contributed by atoms with E-state index in [1.165, 1.54) is 0 Å². The van der Waals surface area contributed by atoms with E-state index in [9.17, 15) is 4.79 Å². The molecule has 84 valence electrons. The molecule has 0 unspecified atom stereocenters. The molecule has 0 aliphatic carbocycles. The molecular weight excluding hydrogens is 180 g/mol. The number of amides is 1. The molecule has 0 aliphatic heterocycles. The molecule has 0 saturated carbocycles. The quantitative estimate of drug-likeness (QED) is 0.729. The molecular formula is C10H22N2O2. The third kappa shape index (κ3) is 6.71. The van der Waals surface area contributed by atoms with Crippen LogP contribution in [0.25, 0.3) is 0 Å². The van der Waals surface area contributed by atoms with Crippen LogP contribution in [0.15, 0.2) is 0 Å². The van der Waals surface area contributed by atoms with Crippen LogP contribution >= 0.6 is 0 Å². The molecule has 0 aromatic heterocycles. The lowest BCUT2D eigenvalue weighted by molar-refractivity contribution is 0.0515. The molecule has 0 aromatic rings. The van der Waals surface area contributed by atoms with Crippen molar-refractivity contribution in [3.63, 3.8) is 0 Å². The van der Waals surface area contributed by atoms with Gasteiger partial charge in [-0.25, -0.2) is 4.79 Å². The van der Waals surface area contributed by atoms with Crippen LogP contribution in [0.2, 0.25) is 0 Å². The lowest BCUT2D eigenvalue weighted by Crippen LogP contribution is -2.48. The van der Waals surface area contributed by atoms with E-state index in [2.05, 4.69) is 10.6 Å². The molecule has 0 heterocycles. The van der Waals surface area contributed by atoms with Crippen molar-refractivity contribution in [3.8, 4) is 0 Å². The maximum Gasteiger partial charge on any atom is 0.407 e. The Kier molecular flexibility index (Phi) is 4.39. The molecule has 0 bridgehead atoms. The Morgan fingerprint density at radius 3 is 2.07 bits per heavy atom. The van der Waals surface area contributed by atoms with Crippen LogP contribution in [0.3, 0.4) is 0 Å². The fourth-order valence-electron chi connectivity index (χ4n) is 0.696. The van der Waals surface area contributed by atoms with E-state index < -0.39 is 5.60 Å². The number of likely N-dealkylation sites (N-methyl/N-ethyl adjacent to an activating group) is 1. The zero-order valence-electron chi connectivity index (χ0n) is 10.0. The van der Waals surface area contributed by atoms with Gasteiger partial charge in [0.15, 0.2) is 0 Å². The number of carbonyl (C=O) groups excluding carboxylic acids is 1. The highest BCUT2D eigenvalue weighted by Crippen LogP contribution is 2.07. The monoisotopic (exact) mass is 202 g/mol. The standard InChI is InChI=1S/C10H22N2O2/c1-9(2,3)14-8(13)12-7-10(4,5)11-6/h11H,7H2,1-6H3,(H,12,13). The average Bonchev–Trinajstić information content (AvgIpc) is 1.98. The fraction of sp³-hybridized carbons (Fsp3) is 0.900. The van der Waals surface area contributed by atoms with E-state index >= 15 is 0 Å². The second-order valence-corrected chi connectivity index (χ2v) is 4.99. The maximum absolute atomic E-state index is 11.3. The van der Waals surface area contributed by atoms with E-state index in [1.54, 1.807) is 0 Å². The van der Waals surface area contributed by atoms with Crippen LogP contribution in [0.4, 0.5) is 4.79 Å². The van der Waals surface area contributed by atoms with Gasteiger partial charge in [0.05, 0.1) is 0 Å². The summed E-state index contributed by atoms with van der Waals surface area (Å²) in [6.07, 6.45) is -0.374. The van der Waals surface area contributed by atoms with Gasteiger partial charge in [0.1, 0.15) is 5.60 Å². The van der Waals surface area contributed by atoms with Gasteiger partial charge in [-0.2, -0.15) is 0 Å². The number of hydrogen-bond acceptors (Lipinski definition) is 3. The topological polar surface area (TPSA) is 50.4 Å². The van der Waals surface area contributed by atoms with E-state index in [4.69, 9.17) is 4.74 Å². The van der Waals surface area contributed by atoms with E-state index in [-0.39, 0.29) is 11.6 Å². The summed E-state index contributed by atoms with van der Waals surface area (Å²) in [5.41, 5.74) is -0.551. The third-order valence-electron chi connectivity index (χ3n) is 1.75. The molecule has 1 amide bonds. The molecule has 0 aromatic carbocycles. The Labute approximate surface area is 86.4 Å². The molecule has 4 heteroatoms. The zero-order valence-corrected chi connectivity index (χ0v) is 10.0. The smallest absolute Gasteiger partial charge is 0.407 e. The van der Waals surface area contributed by atoms with Crippen LogP contribution in [0.5, 0.6) is 0 Å². The molecule has 4 nitrogen and oxygen atoms in total. The van der Waals surface area contributed by atoms with Gasteiger partial charge >= 0.3 is 6.09 Å². The first-order valence-electron chi connectivity index (χ1n) is 4.82. The van der Waals surface area contributed by atoms with E-state index in [1.807, 2.05) is 41.7 Å². The number of alkyl carbamates (subject to hydrolysis) is 1. The van der Waals surface area contributed by atoms with Crippen molar-refractivity contribution in [2.45, 2.75) is 45.8 Å². The SMILES string of the molecule is CNC(C)(C)CNC(=O)OC(C)(C)C. The van der Waals surface area contributed by atoms with E-state index in [0.717, 1.165) is 0 Å². The van der Waals surface area contributed by atoms with Gasteiger partial charge in [-0.1, -0.05) is 0 Å². The summed E-state index contributed by atoms with van der Waals surface area (Å²) in [7, 11) is 1.86. The van der Waals surface area contributed by atoms with Gasteiger partial charge in [0, 0.05) is 12.1 Å². The van der Waals surface area contributed by atoms with Gasteiger partial charge in [0.2, 0.25) is 0 Å². The van der Waals surface area contributed by atoms with Crippen molar-refractivity contribution >= 4 is 6.09 Å². The van der Waals surface area contributed by atoms with Crippen molar-refractivity contribution < 1.29 is 9.53 Å². The first kappa shape index (κ1) is 13.2. The highest BCUT2D eigenvalue weighted by atomic mass is 16.6. The third-order valence-corrected chi connectivity index (χ3v) is 1.75. The second-order valence-electron chi connectivity index (χ2n) is 4.99. The molecule has 2 N–H and O–H groups in total. The summed E-state index contributed by atoms with van der Waals surface area (Å²) in [4.78, 5) is 11.3. The Morgan fingerprint density at radius 2 is 1.71 bits per heavy atom. The van der Waals surface area contributed by atoms with Crippen LogP contribution in [0.1, 0.15) is 34.6 Å². The van der Waals surface area contributed by atoms with Gasteiger partial charge in [-0.3, -0.25) is 0 Å².